The van der Waals surface area contributed by atoms with E-state index in [0.29, 0.717) is 17.3 Å². The standard InChI is InChI=1S/C17H21N3O2/c1-3-11(2)18-16(21)14-9-5-8-13(10-14)15-19-17(22-20-15)12-6-4-7-12/h5,8-12H,3-4,6-7H2,1-2H3,(H,18,21)/t11-/m0/s1. The van der Waals surface area contributed by atoms with E-state index in [-0.39, 0.29) is 11.9 Å². The van der Waals surface area contributed by atoms with Crippen LogP contribution in [0.5, 0.6) is 0 Å². The molecule has 1 aliphatic carbocycles. The van der Waals surface area contributed by atoms with Crippen molar-refractivity contribution in [3.05, 3.63) is 35.7 Å². The Kier molecular flexibility index (Phi) is 4.22. The van der Waals surface area contributed by atoms with E-state index in [2.05, 4.69) is 15.5 Å². The molecule has 116 valence electrons. The van der Waals surface area contributed by atoms with Crippen LogP contribution >= 0.6 is 0 Å². The zero-order valence-electron chi connectivity index (χ0n) is 13.0. The van der Waals surface area contributed by atoms with Gasteiger partial charge in [-0.2, -0.15) is 4.98 Å². The molecule has 3 rings (SSSR count). The summed E-state index contributed by atoms with van der Waals surface area (Å²) in [5.41, 5.74) is 1.43. The maximum Gasteiger partial charge on any atom is 0.251 e. The summed E-state index contributed by atoms with van der Waals surface area (Å²) >= 11 is 0. The van der Waals surface area contributed by atoms with Crippen LogP contribution in [0.2, 0.25) is 0 Å². The predicted octanol–water partition coefficient (Wildman–Crippen LogP) is 3.53. The predicted molar refractivity (Wildman–Crippen MR) is 83.5 cm³/mol. The molecule has 0 bridgehead atoms. The van der Waals surface area contributed by atoms with Gasteiger partial charge in [0.05, 0.1) is 0 Å². The minimum absolute atomic E-state index is 0.0705. The fraction of sp³-hybridized carbons (Fsp3) is 0.471. The van der Waals surface area contributed by atoms with Crippen molar-refractivity contribution in [3.63, 3.8) is 0 Å². The number of hydrogen-bond acceptors (Lipinski definition) is 4. The van der Waals surface area contributed by atoms with Crippen LogP contribution in [0.1, 0.15) is 61.7 Å². The highest BCUT2D eigenvalue weighted by Gasteiger charge is 2.25. The van der Waals surface area contributed by atoms with E-state index in [1.165, 1.54) is 6.42 Å². The number of carbonyl (C=O) groups excluding carboxylic acids is 1. The molecular weight excluding hydrogens is 278 g/mol. The van der Waals surface area contributed by atoms with E-state index < -0.39 is 0 Å². The first-order valence-electron chi connectivity index (χ1n) is 7.92. The first kappa shape index (κ1) is 14.8. The molecule has 0 saturated heterocycles. The highest BCUT2D eigenvalue weighted by molar-refractivity contribution is 5.95. The molecule has 1 heterocycles. The molecule has 0 aliphatic heterocycles. The summed E-state index contributed by atoms with van der Waals surface area (Å²) in [6, 6.07) is 7.52. The number of benzene rings is 1. The Hall–Kier alpha value is -2.17. The average Bonchev–Trinajstić information content (AvgIpc) is 2.94. The second-order valence-corrected chi connectivity index (χ2v) is 5.95. The molecule has 1 fully saturated rings. The fourth-order valence-corrected chi connectivity index (χ4v) is 2.38. The lowest BCUT2D eigenvalue weighted by Gasteiger charge is -2.20. The Balaban J connectivity index is 1.78. The molecule has 1 atom stereocenters. The van der Waals surface area contributed by atoms with Gasteiger partial charge in [0.25, 0.3) is 5.91 Å². The third-order valence-electron chi connectivity index (χ3n) is 4.27. The quantitative estimate of drug-likeness (QED) is 0.917. The second kappa shape index (κ2) is 6.30. The second-order valence-electron chi connectivity index (χ2n) is 5.95. The Labute approximate surface area is 130 Å². The van der Waals surface area contributed by atoms with Gasteiger partial charge in [-0.15, -0.1) is 0 Å². The Morgan fingerprint density at radius 2 is 2.27 bits per heavy atom. The zero-order valence-corrected chi connectivity index (χ0v) is 13.0. The molecule has 0 spiro atoms. The van der Waals surface area contributed by atoms with Crippen molar-refractivity contribution in [2.24, 2.45) is 0 Å². The summed E-state index contributed by atoms with van der Waals surface area (Å²) in [5.74, 6) is 1.62. The first-order valence-corrected chi connectivity index (χ1v) is 7.92. The molecule has 5 nitrogen and oxygen atoms in total. The van der Waals surface area contributed by atoms with Crippen molar-refractivity contribution in [3.8, 4) is 11.4 Å². The molecular formula is C17H21N3O2. The lowest BCUT2D eigenvalue weighted by molar-refractivity contribution is 0.0939. The highest BCUT2D eigenvalue weighted by Crippen LogP contribution is 2.35. The van der Waals surface area contributed by atoms with Crippen molar-refractivity contribution in [1.29, 1.82) is 0 Å². The zero-order chi connectivity index (χ0) is 15.5. The third-order valence-corrected chi connectivity index (χ3v) is 4.27. The Morgan fingerprint density at radius 3 is 2.95 bits per heavy atom. The van der Waals surface area contributed by atoms with Crippen LogP contribution in [-0.2, 0) is 0 Å². The molecule has 22 heavy (non-hydrogen) atoms. The van der Waals surface area contributed by atoms with Crippen LogP contribution in [0, 0.1) is 0 Å². The lowest BCUT2D eigenvalue weighted by atomic mass is 9.85. The van der Waals surface area contributed by atoms with Crippen LogP contribution in [0.3, 0.4) is 0 Å². The average molecular weight is 299 g/mol. The smallest absolute Gasteiger partial charge is 0.251 e. The lowest BCUT2D eigenvalue weighted by Crippen LogP contribution is -2.31. The molecule has 0 unspecified atom stereocenters. The molecule has 2 aromatic rings. The summed E-state index contributed by atoms with van der Waals surface area (Å²) in [4.78, 5) is 16.7. The normalized spacial score (nSPS) is 16.1. The van der Waals surface area contributed by atoms with Crippen molar-refractivity contribution in [1.82, 2.24) is 15.5 Å². The van der Waals surface area contributed by atoms with Gasteiger partial charge in [-0.25, -0.2) is 0 Å². The molecule has 1 aromatic carbocycles. The maximum atomic E-state index is 12.2. The van der Waals surface area contributed by atoms with Crippen LogP contribution < -0.4 is 5.32 Å². The van der Waals surface area contributed by atoms with Gasteiger partial charge < -0.3 is 9.84 Å². The molecule has 0 radical (unpaired) electrons. The van der Waals surface area contributed by atoms with Gasteiger partial charge in [-0.1, -0.05) is 30.6 Å². The van der Waals surface area contributed by atoms with E-state index in [1.54, 1.807) is 6.07 Å². The minimum Gasteiger partial charge on any atom is -0.350 e. The Bertz CT molecular complexity index is 661. The van der Waals surface area contributed by atoms with Gasteiger partial charge in [0.2, 0.25) is 11.7 Å². The molecule has 1 saturated carbocycles. The van der Waals surface area contributed by atoms with Crippen molar-refractivity contribution in [2.45, 2.75) is 51.5 Å². The number of aromatic nitrogens is 2. The molecule has 1 aliphatic rings. The van der Waals surface area contributed by atoms with E-state index in [9.17, 15) is 4.79 Å². The Morgan fingerprint density at radius 1 is 1.45 bits per heavy atom. The SMILES string of the molecule is CC[C@H](C)NC(=O)c1cccc(-c2noc(C3CCC3)n2)c1. The van der Waals surface area contributed by atoms with Gasteiger partial charge >= 0.3 is 0 Å². The van der Waals surface area contributed by atoms with Crippen molar-refractivity contribution >= 4 is 5.91 Å². The third kappa shape index (κ3) is 3.03. The molecule has 1 N–H and O–H groups in total. The van der Waals surface area contributed by atoms with Crippen LogP contribution in [0.4, 0.5) is 0 Å². The molecule has 1 aromatic heterocycles. The van der Waals surface area contributed by atoms with Crippen molar-refractivity contribution in [2.75, 3.05) is 0 Å². The topological polar surface area (TPSA) is 68.0 Å². The maximum absolute atomic E-state index is 12.2. The van der Waals surface area contributed by atoms with Gasteiger partial charge in [0.1, 0.15) is 0 Å². The number of amides is 1. The summed E-state index contributed by atoms with van der Waals surface area (Å²) in [5, 5.41) is 7.01. The van der Waals surface area contributed by atoms with Gasteiger partial charge in [-0.05, 0) is 38.3 Å². The summed E-state index contributed by atoms with van der Waals surface area (Å²) in [7, 11) is 0. The van der Waals surface area contributed by atoms with Gasteiger partial charge in [0.15, 0.2) is 0 Å². The van der Waals surface area contributed by atoms with Crippen LogP contribution in [-0.4, -0.2) is 22.1 Å². The molecule has 1 amide bonds. The van der Waals surface area contributed by atoms with E-state index in [1.807, 2.05) is 32.0 Å². The largest absolute Gasteiger partial charge is 0.350 e. The molecule has 5 heteroatoms. The number of nitrogens with one attached hydrogen (secondary N) is 1. The van der Waals surface area contributed by atoms with Crippen LogP contribution in [0.15, 0.2) is 28.8 Å². The fourth-order valence-electron chi connectivity index (χ4n) is 2.38. The highest BCUT2D eigenvalue weighted by atomic mass is 16.5. The minimum atomic E-state index is -0.0705. The van der Waals surface area contributed by atoms with Crippen molar-refractivity contribution < 1.29 is 9.32 Å². The number of carbonyl (C=O) groups is 1. The monoisotopic (exact) mass is 299 g/mol. The summed E-state index contributed by atoms with van der Waals surface area (Å²) in [6.45, 7) is 4.04. The summed E-state index contributed by atoms with van der Waals surface area (Å²) in [6.07, 6.45) is 4.38. The van der Waals surface area contributed by atoms with Gasteiger partial charge in [0, 0.05) is 23.1 Å². The number of hydrogen-bond donors (Lipinski definition) is 1. The first-order chi connectivity index (χ1) is 10.7. The van der Waals surface area contributed by atoms with Gasteiger partial charge in [-0.3, -0.25) is 4.79 Å². The van der Waals surface area contributed by atoms with E-state index in [4.69, 9.17) is 4.52 Å². The van der Waals surface area contributed by atoms with Crippen LogP contribution in [0.25, 0.3) is 11.4 Å². The van der Waals surface area contributed by atoms with E-state index >= 15 is 0 Å². The summed E-state index contributed by atoms with van der Waals surface area (Å²) < 4.78 is 5.34. The number of nitrogens with zero attached hydrogens (tertiary/aromatic N) is 2. The van der Waals surface area contributed by atoms with E-state index in [0.717, 1.165) is 30.7 Å². The number of rotatable bonds is 5.